The van der Waals surface area contributed by atoms with Crippen LogP contribution in [0.4, 0.5) is 17.5 Å². The molecule has 0 bridgehead atoms. The van der Waals surface area contributed by atoms with Gasteiger partial charge in [0.15, 0.2) is 0 Å². The van der Waals surface area contributed by atoms with Gasteiger partial charge < -0.3 is 15.1 Å². The Bertz CT molecular complexity index is 593. The number of nitrogens with one attached hydrogen (secondary N) is 1. The van der Waals surface area contributed by atoms with Gasteiger partial charge in [-0.3, -0.25) is 0 Å². The predicted molar refractivity (Wildman–Crippen MR) is 87.5 cm³/mol. The maximum Gasteiger partial charge on any atom is 0.224 e. The molecule has 1 aliphatic rings. The maximum atomic E-state index is 5.94. The molecule has 3 rings (SSSR count). The highest BCUT2D eigenvalue weighted by atomic mass is 35.5. The molecule has 0 radical (unpaired) electrons. The number of hydrogen-bond acceptors (Lipinski definition) is 5. The first-order valence-electron chi connectivity index (χ1n) is 7.02. The standard InChI is InChI=1S/C15H18ClN5/c1-17-15-18-7-6-14(19-15)21-10-8-20(9-11-21)13-4-2-12(16)3-5-13/h2-7H,8-11H2,1H3,(H,17,18,19). The fourth-order valence-electron chi connectivity index (χ4n) is 2.49. The predicted octanol–water partition coefficient (Wildman–Crippen LogP) is 2.50. The van der Waals surface area contributed by atoms with E-state index in [0.29, 0.717) is 5.95 Å². The van der Waals surface area contributed by atoms with E-state index in [1.54, 1.807) is 6.20 Å². The Labute approximate surface area is 129 Å². The minimum absolute atomic E-state index is 0.660. The van der Waals surface area contributed by atoms with Crippen molar-refractivity contribution < 1.29 is 0 Å². The Morgan fingerprint density at radius 3 is 2.33 bits per heavy atom. The van der Waals surface area contributed by atoms with Gasteiger partial charge in [0.2, 0.25) is 5.95 Å². The minimum Gasteiger partial charge on any atom is -0.368 e. The Morgan fingerprint density at radius 2 is 1.67 bits per heavy atom. The van der Waals surface area contributed by atoms with E-state index in [-0.39, 0.29) is 0 Å². The Balaban J connectivity index is 1.65. The van der Waals surface area contributed by atoms with Crippen molar-refractivity contribution >= 4 is 29.1 Å². The highest BCUT2D eigenvalue weighted by molar-refractivity contribution is 6.30. The van der Waals surface area contributed by atoms with Gasteiger partial charge in [-0.05, 0) is 30.3 Å². The van der Waals surface area contributed by atoms with Crippen molar-refractivity contribution in [2.24, 2.45) is 0 Å². The molecule has 2 aromatic rings. The maximum absolute atomic E-state index is 5.94. The van der Waals surface area contributed by atoms with Crippen LogP contribution in [0.5, 0.6) is 0 Å². The number of nitrogens with zero attached hydrogens (tertiary/aromatic N) is 4. The third-order valence-corrected chi connectivity index (χ3v) is 3.91. The topological polar surface area (TPSA) is 44.3 Å². The number of piperazine rings is 1. The molecular weight excluding hydrogens is 286 g/mol. The summed E-state index contributed by atoms with van der Waals surface area (Å²) in [7, 11) is 1.83. The number of anilines is 3. The first-order valence-corrected chi connectivity index (χ1v) is 7.40. The summed E-state index contributed by atoms with van der Waals surface area (Å²) in [6.07, 6.45) is 1.79. The number of halogens is 1. The van der Waals surface area contributed by atoms with Crippen LogP contribution < -0.4 is 15.1 Å². The molecule has 1 N–H and O–H groups in total. The van der Waals surface area contributed by atoms with Crippen LogP contribution in [-0.2, 0) is 0 Å². The van der Waals surface area contributed by atoms with Gasteiger partial charge in [0.25, 0.3) is 0 Å². The van der Waals surface area contributed by atoms with Crippen molar-refractivity contribution in [3.8, 4) is 0 Å². The molecule has 0 aliphatic carbocycles. The van der Waals surface area contributed by atoms with Crippen LogP contribution in [0, 0.1) is 0 Å². The van der Waals surface area contributed by atoms with Gasteiger partial charge in [0.05, 0.1) is 0 Å². The molecule has 5 nitrogen and oxygen atoms in total. The van der Waals surface area contributed by atoms with Crippen LogP contribution in [0.3, 0.4) is 0 Å². The van der Waals surface area contributed by atoms with Gasteiger partial charge in [-0.2, -0.15) is 4.98 Å². The van der Waals surface area contributed by atoms with E-state index in [9.17, 15) is 0 Å². The first kappa shape index (κ1) is 13.9. The Hall–Kier alpha value is -2.01. The summed E-state index contributed by atoms with van der Waals surface area (Å²) in [4.78, 5) is 13.3. The molecule has 1 aliphatic heterocycles. The summed E-state index contributed by atoms with van der Waals surface area (Å²) in [5.41, 5.74) is 1.22. The second-order valence-corrected chi connectivity index (χ2v) is 5.38. The van der Waals surface area contributed by atoms with Gasteiger partial charge in [-0.25, -0.2) is 4.98 Å². The quantitative estimate of drug-likeness (QED) is 0.944. The number of rotatable bonds is 3. The number of aromatic nitrogens is 2. The molecule has 0 saturated carbocycles. The summed E-state index contributed by atoms with van der Waals surface area (Å²) >= 11 is 5.94. The lowest BCUT2D eigenvalue weighted by Crippen LogP contribution is -2.46. The van der Waals surface area contributed by atoms with Crippen molar-refractivity contribution in [1.82, 2.24) is 9.97 Å². The van der Waals surface area contributed by atoms with Gasteiger partial charge in [0.1, 0.15) is 5.82 Å². The molecule has 0 unspecified atom stereocenters. The zero-order valence-corrected chi connectivity index (χ0v) is 12.7. The molecule has 1 aromatic heterocycles. The minimum atomic E-state index is 0.660. The van der Waals surface area contributed by atoms with Crippen LogP contribution in [0.15, 0.2) is 36.5 Å². The van der Waals surface area contributed by atoms with Gasteiger partial charge in [0, 0.05) is 50.1 Å². The molecule has 6 heteroatoms. The summed E-state index contributed by atoms with van der Waals surface area (Å²) in [6.45, 7) is 3.84. The highest BCUT2D eigenvalue weighted by Crippen LogP contribution is 2.21. The summed E-state index contributed by atoms with van der Waals surface area (Å²) < 4.78 is 0. The van der Waals surface area contributed by atoms with Crippen LogP contribution in [0.1, 0.15) is 0 Å². The molecule has 1 saturated heterocycles. The van der Waals surface area contributed by atoms with Crippen molar-refractivity contribution in [2.45, 2.75) is 0 Å². The molecule has 0 spiro atoms. The monoisotopic (exact) mass is 303 g/mol. The normalized spacial score (nSPS) is 15.1. The zero-order chi connectivity index (χ0) is 14.7. The molecule has 2 heterocycles. The van der Waals surface area contributed by atoms with E-state index in [0.717, 1.165) is 37.0 Å². The summed E-state index contributed by atoms with van der Waals surface area (Å²) in [5, 5.41) is 3.75. The molecule has 0 atom stereocenters. The molecule has 1 aromatic carbocycles. The van der Waals surface area contributed by atoms with Crippen molar-refractivity contribution in [3.05, 3.63) is 41.6 Å². The molecule has 1 fully saturated rings. The average Bonchev–Trinajstić information content (AvgIpc) is 2.56. The van der Waals surface area contributed by atoms with Gasteiger partial charge in [-0.1, -0.05) is 11.6 Å². The average molecular weight is 304 g/mol. The number of hydrogen-bond donors (Lipinski definition) is 1. The smallest absolute Gasteiger partial charge is 0.224 e. The fraction of sp³-hybridized carbons (Fsp3) is 0.333. The van der Waals surface area contributed by atoms with Gasteiger partial charge in [-0.15, -0.1) is 0 Å². The van der Waals surface area contributed by atoms with Crippen molar-refractivity contribution in [1.29, 1.82) is 0 Å². The lowest BCUT2D eigenvalue weighted by Gasteiger charge is -2.36. The van der Waals surface area contributed by atoms with E-state index < -0.39 is 0 Å². The molecular formula is C15H18ClN5. The summed E-state index contributed by atoms with van der Waals surface area (Å²) in [6, 6.07) is 9.97. The largest absolute Gasteiger partial charge is 0.368 e. The molecule has 110 valence electrons. The Kier molecular flexibility index (Phi) is 4.10. The third kappa shape index (κ3) is 3.19. The second-order valence-electron chi connectivity index (χ2n) is 4.94. The van der Waals surface area contributed by atoms with E-state index in [2.05, 4.69) is 37.2 Å². The van der Waals surface area contributed by atoms with E-state index in [1.165, 1.54) is 5.69 Å². The van der Waals surface area contributed by atoms with Gasteiger partial charge >= 0.3 is 0 Å². The Morgan fingerprint density at radius 1 is 1.00 bits per heavy atom. The van der Waals surface area contributed by atoms with Crippen molar-refractivity contribution in [2.75, 3.05) is 48.3 Å². The number of benzene rings is 1. The third-order valence-electron chi connectivity index (χ3n) is 3.66. The second kappa shape index (κ2) is 6.18. The molecule has 0 amide bonds. The van der Waals surface area contributed by atoms with Crippen LogP contribution in [0.25, 0.3) is 0 Å². The highest BCUT2D eigenvalue weighted by Gasteiger charge is 2.18. The van der Waals surface area contributed by atoms with Crippen LogP contribution in [-0.4, -0.2) is 43.2 Å². The van der Waals surface area contributed by atoms with E-state index in [1.807, 2.05) is 25.2 Å². The SMILES string of the molecule is CNc1nccc(N2CCN(c3ccc(Cl)cc3)CC2)n1. The molecule has 21 heavy (non-hydrogen) atoms. The van der Waals surface area contributed by atoms with Crippen molar-refractivity contribution in [3.63, 3.8) is 0 Å². The zero-order valence-electron chi connectivity index (χ0n) is 12.0. The van der Waals surface area contributed by atoms with E-state index in [4.69, 9.17) is 11.6 Å². The lowest BCUT2D eigenvalue weighted by atomic mass is 10.2. The summed E-state index contributed by atoms with van der Waals surface area (Å²) in [5.74, 6) is 1.64. The first-order chi connectivity index (χ1) is 10.3. The fourth-order valence-corrected chi connectivity index (χ4v) is 2.62. The lowest BCUT2D eigenvalue weighted by molar-refractivity contribution is 0.647. The van der Waals surface area contributed by atoms with Crippen LogP contribution >= 0.6 is 11.6 Å². The van der Waals surface area contributed by atoms with Crippen LogP contribution in [0.2, 0.25) is 5.02 Å². The van der Waals surface area contributed by atoms with E-state index >= 15 is 0 Å².